The van der Waals surface area contributed by atoms with Crippen LogP contribution in [0.15, 0.2) is 6.20 Å². The monoisotopic (exact) mass is 227 g/mol. The van der Waals surface area contributed by atoms with Gasteiger partial charge in [0, 0.05) is 32.0 Å². The Morgan fingerprint density at radius 1 is 1.38 bits per heavy atom. The first-order valence-electron chi connectivity index (χ1n) is 5.67. The normalized spacial score (nSPS) is 10.9. The topological polar surface area (TPSA) is 59.2 Å². The van der Waals surface area contributed by atoms with Gasteiger partial charge in [0.2, 0.25) is 0 Å². The molecular weight excluding hydrogens is 206 g/mol. The van der Waals surface area contributed by atoms with Crippen LogP contribution in [0.2, 0.25) is 0 Å². The highest BCUT2D eigenvalue weighted by Gasteiger charge is 1.99. The average Bonchev–Trinajstić information content (AvgIpc) is 2.74. The third-order valence-electron chi connectivity index (χ3n) is 2.16. The summed E-state index contributed by atoms with van der Waals surface area (Å²) in [6.07, 6.45) is 2.68. The Labute approximate surface area is 96.6 Å². The van der Waals surface area contributed by atoms with Gasteiger partial charge in [0.1, 0.15) is 5.82 Å². The number of ether oxygens (including phenoxy) is 2. The van der Waals surface area contributed by atoms with Crippen molar-refractivity contribution in [3.63, 3.8) is 0 Å². The molecule has 0 aliphatic carbocycles. The van der Waals surface area contributed by atoms with Crippen LogP contribution in [0.25, 0.3) is 0 Å². The van der Waals surface area contributed by atoms with Gasteiger partial charge in [-0.2, -0.15) is 0 Å². The highest BCUT2D eigenvalue weighted by molar-refractivity contribution is 5.01. The summed E-state index contributed by atoms with van der Waals surface area (Å²) in [5.41, 5.74) is 1.12. The van der Waals surface area contributed by atoms with Crippen LogP contribution in [0.4, 0.5) is 0 Å². The molecule has 5 nitrogen and oxygen atoms in total. The maximum atomic E-state index is 5.37. The van der Waals surface area contributed by atoms with Crippen molar-refractivity contribution in [1.82, 2.24) is 15.3 Å². The fraction of sp³-hybridized carbons (Fsp3) is 0.727. The lowest BCUT2D eigenvalue weighted by Gasteiger charge is -2.01. The third-order valence-corrected chi connectivity index (χ3v) is 2.16. The number of methoxy groups -OCH3 is 1. The lowest BCUT2D eigenvalue weighted by molar-refractivity contribution is 0.0717. The number of aromatic amines is 1. The van der Waals surface area contributed by atoms with Crippen molar-refractivity contribution >= 4 is 0 Å². The maximum absolute atomic E-state index is 5.37. The summed E-state index contributed by atoms with van der Waals surface area (Å²) in [5, 5.41) is 3.24. The molecule has 0 spiro atoms. The minimum absolute atomic E-state index is 0.640. The summed E-state index contributed by atoms with van der Waals surface area (Å²) in [6, 6.07) is 0. The van der Waals surface area contributed by atoms with Crippen LogP contribution >= 0.6 is 0 Å². The van der Waals surface area contributed by atoms with Gasteiger partial charge >= 0.3 is 0 Å². The molecule has 2 N–H and O–H groups in total. The van der Waals surface area contributed by atoms with Crippen LogP contribution in [-0.2, 0) is 22.4 Å². The Kier molecular flexibility index (Phi) is 6.80. The fourth-order valence-electron chi connectivity index (χ4n) is 1.30. The smallest absolute Gasteiger partial charge is 0.108 e. The molecule has 0 amide bonds. The van der Waals surface area contributed by atoms with Crippen molar-refractivity contribution in [3.8, 4) is 0 Å². The molecule has 0 aromatic carbocycles. The Hall–Kier alpha value is -0.910. The van der Waals surface area contributed by atoms with Gasteiger partial charge in [0.05, 0.1) is 19.8 Å². The van der Waals surface area contributed by atoms with Crippen LogP contribution < -0.4 is 5.32 Å². The van der Waals surface area contributed by atoms with E-state index in [-0.39, 0.29) is 0 Å². The summed E-state index contributed by atoms with van der Waals surface area (Å²) in [4.78, 5) is 7.53. The molecule has 5 heteroatoms. The molecule has 1 aromatic rings. The number of nitrogens with one attached hydrogen (secondary N) is 2. The lowest BCUT2D eigenvalue weighted by Crippen LogP contribution is -2.12. The quantitative estimate of drug-likeness (QED) is 0.610. The van der Waals surface area contributed by atoms with Crippen molar-refractivity contribution in [2.75, 3.05) is 33.5 Å². The molecule has 0 aliphatic rings. The predicted octanol–water partition coefficient (Wildman–Crippen LogP) is 0.725. The van der Waals surface area contributed by atoms with Crippen molar-refractivity contribution in [2.45, 2.75) is 19.9 Å². The first-order valence-corrected chi connectivity index (χ1v) is 5.67. The Bertz CT molecular complexity index is 276. The third kappa shape index (κ3) is 5.25. The molecule has 1 aromatic heterocycles. The number of H-pyrrole nitrogens is 1. The summed E-state index contributed by atoms with van der Waals surface area (Å²) in [5.74, 6) is 0.977. The molecule has 0 fully saturated rings. The molecule has 1 heterocycles. The fourth-order valence-corrected chi connectivity index (χ4v) is 1.30. The highest BCUT2D eigenvalue weighted by Crippen LogP contribution is 1.98. The van der Waals surface area contributed by atoms with Crippen LogP contribution in [-0.4, -0.2) is 43.4 Å². The summed E-state index contributed by atoms with van der Waals surface area (Å²) in [6.45, 7) is 5.85. The highest BCUT2D eigenvalue weighted by atomic mass is 16.5. The zero-order valence-electron chi connectivity index (χ0n) is 10.1. The van der Waals surface area contributed by atoms with E-state index in [9.17, 15) is 0 Å². The summed E-state index contributed by atoms with van der Waals surface area (Å²) >= 11 is 0. The van der Waals surface area contributed by atoms with Crippen molar-refractivity contribution in [2.24, 2.45) is 0 Å². The van der Waals surface area contributed by atoms with E-state index in [4.69, 9.17) is 9.47 Å². The first-order chi connectivity index (χ1) is 7.86. The van der Waals surface area contributed by atoms with Crippen LogP contribution in [0, 0.1) is 0 Å². The van der Waals surface area contributed by atoms with Crippen molar-refractivity contribution < 1.29 is 9.47 Å². The minimum atomic E-state index is 0.640. The van der Waals surface area contributed by atoms with E-state index in [1.165, 1.54) is 0 Å². The molecule has 0 radical (unpaired) electrons. The summed E-state index contributed by atoms with van der Waals surface area (Å²) < 4.78 is 10.3. The molecule has 1 rings (SSSR count). The van der Waals surface area contributed by atoms with Gasteiger partial charge < -0.3 is 19.8 Å². The van der Waals surface area contributed by atoms with Crippen LogP contribution in [0.5, 0.6) is 0 Å². The van der Waals surface area contributed by atoms with Gasteiger partial charge in [-0.3, -0.25) is 0 Å². The number of hydrogen-bond donors (Lipinski definition) is 2. The van der Waals surface area contributed by atoms with Gasteiger partial charge in [-0.1, -0.05) is 6.92 Å². The SMILES string of the molecule is CCNCc1cnc(CCOCCOC)[nH]1. The molecule has 0 unspecified atom stereocenters. The molecule has 16 heavy (non-hydrogen) atoms. The first kappa shape index (κ1) is 13.2. The molecule has 0 aliphatic heterocycles. The van der Waals surface area contributed by atoms with E-state index in [0.29, 0.717) is 19.8 Å². The molecule has 92 valence electrons. The largest absolute Gasteiger partial charge is 0.382 e. The Balaban J connectivity index is 2.14. The van der Waals surface area contributed by atoms with Crippen molar-refractivity contribution in [3.05, 3.63) is 17.7 Å². The minimum Gasteiger partial charge on any atom is -0.382 e. The number of nitrogens with zero attached hydrogens (tertiary/aromatic N) is 1. The van der Waals surface area contributed by atoms with Gasteiger partial charge in [0.15, 0.2) is 0 Å². The molecule has 0 saturated heterocycles. The number of aromatic nitrogens is 2. The van der Waals surface area contributed by atoms with E-state index in [1.54, 1.807) is 7.11 Å². The van der Waals surface area contributed by atoms with E-state index in [2.05, 4.69) is 22.2 Å². The van der Waals surface area contributed by atoms with Crippen molar-refractivity contribution in [1.29, 1.82) is 0 Å². The lowest BCUT2D eigenvalue weighted by atomic mass is 10.4. The number of imidazole rings is 1. The molecular formula is C11H21N3O2. The van der Waals surface area contributed by atoms with E-state index >= 15 is 0 Å². The number of hydrogen-bond acceptors (Lipinski definition) is 4. The van der Waals surface area contributed by atoms with Gasteiger partial charge in [-0.05, 0) is 6.54 Å². The average molecular weight is 227 g/mol. The zero-order valence-corrected chi connectivity index (χ0v) is 10.1. The van der Waals surface area contributed by atoms with Gasteiger partial charge in [-0.15, -0.1) is 0 Å². The number of rotatable bonds is 9. The van der Waals surface area contributed by atoms with E-state index in [0.717, 1.165) is 31.0 Å². The molecule has 0 bridgehead atoms. The van der Waals surface area contributed by atoms with Crippen LogP contribution in [0.3, 0.4) is 0 Å². The van der Waals surface area contributed by atoms with Gasteiger partial charge in [0.25, 0.3) is 0 Å². The predicted molar refractivity (Wildman–Crippen MR) is 62.4 cm³/mol. The standard InChI is InChI=1S/C11H21N3O2/c1-3-12-8-10-9-13-11(14-10)4-5-16-7-6-15-2/h9,12H,3-8H2,1-2H3,(H,13,14). The molecule has 0 saturated carbocycles. The van der Waals surface area contributed by atoms with E-state index in [1.807, 2.05) is 6.20 Å². The second-order valence-corrected chi connectivity index (χ2v) is 3.49. The maximum Gasteiger partial charge on any atom is 0.108 e. The Morgan fingerprint density at radius 2 is 2.25 bits per heavy atom. The summed E-state index contributed by atoms with van der Waals surface area (Å²) in [7, 11) is 1.67. The Morgan fingerprint density at radius 3 is 3.00 bits per heavy atom. The van der Waals surface area contributed by atoms with E-state index < -0.39 is 0 Å². The second kappa shape index (κ2) is 8.27. The van der Waals surface area contributed by atoms with Gasteiger partial charge in [-0.25, -0.2) is 4.98 Å². The molecule has 0 atom stereocenters. The van der Waals surface area contributed by atoms with Crippen LogP contribution in [0.1, 0.15) is 18.4 Å². The zero-order chi connectivity index (χ0) is 11.6. The second-order valence-electron chi connectivity index (χ2n) is 3.49.